The molecule has 1 amide bonds. The number of hydrogen-bond donors (Lipinski definition) is 1. The SMILES string of the molecule is N=C1/C(=C\c2ccc([N+](=O)[O-])o2)C(=O)N=C2SC(N3CCCC3)=NN12. The standard InChI is InChI=1S/C14H12N6O4S/c15-11-9(7-8-3-4-10(24-8)20(22)23)12(21)16-13-19(11)17-14(25-13)18-5-1-2-6-18/h3-4,7,15H,1-2,5-6H2/b9-7+,15-11?. The van der Waals surface area contributed by atoms with Gasteiger partial charge in [-0.25, -0.2) is 0 Å². The summed E-state index contributed by atoms with van der Waals surface area (Å²) in [6.07, 6.45) is 3.45. The van der Waals surface area contributed by atoms with Gasteiger partial charge in [0.1, 0.15) is 10.7 Å². The Morgan fingerprint density at radius 1 is 1.32 bits per heavy atom. The molecule has 3 aliphatic heterocycles. The lowest BCUT2D eigenvalue weighted by Crippen LogP contribution is -2.35. The highest BCUT2D eigenvalue weighted by Gasteiger charge is 2.37. The highest BCUT2D eigenvalue weighted by atomic mass is 32.2. The zero-order valence-electron chi connectivity index (χ0n) is 12.8. The number of rotatable bonds is 2. The van der Waals surface area contributed by atoms with Crippen LogP contribution in [0.1, 0.15) is 18.6 Å². The van der Waals surface area contributed by atoms with Crippen molar-refractivity contribution in [2.24, 2.45) is 10.1 Å². The third kappa shape index (κ3) is 2.71. The molecule has 1 aromatic rings. The molecular formula is C14H12N6O4S. The average molecular weight is 360 g/mol. The molecule has 1 N–H and O–H groups in total. The number of nitrogens with one attached hydrogen (secondary N) is 1. The van der Waals surface area contributed by atoms with Crippen LogP contribution < -0.4 is 0 Å². The van der Waals surface area contributed by atoms with Gasteiger partial charge in [0.05, 0.1) is 11.6 Å². The number of hydrogen-bond acceptors (Lipinski definition) is 8. The molecule has 1 aromatic heterocycles. The van der Waals surface area contributed by atoms with Crippen molar-refractivity contribution in [3.05, 3.63) is 33.6 Å². The molecule has 0 atom stereocenters. The van der Waals surface area contributed by atoms with Gasteiger partial charge < -0.3 is 9.32 Å². The van der Waals surface area contributed by atoms with Crippen LogP contribution in [0, 0.1) is 15.5 Å². The summed E-state index contributed by atoms with van der Waals surface area (Å²) < 4.78 is 5.02. The molecule has 0 aromatic carbocycles. The molecule has 128 valence electrons. The number of aliphatic imine (C=N–C) groups is 1. The van der Waals surface area contributed by atoms with Gasteiger partial charge in [-0.2, -0.15) is 10.0 Å². The Hall–Kier alpha value is -2.95. The summed E-state index contributed by atoms with van der Waals surface area (Å²) in [5.41, 5.74) is -0.0278. The van der Waals surface area contributed by atoms with Gasteiger partial charge in [0.25, 0.3) is 5.91 Å². The molecule has 0 bridgehead atoms. The van der Waals surface area contributed by atoms with Crippen molar-refractivity contribution in [3.8, 4) is 0 Å². The van der Waals surface area contributed by atoms with Crippen molar-refractivity contribution in [3.63, 3.8) is 0 Å². The molecule has 0 aliphatic carbocycles. The lowest BCUT2D eigenvalue weighted by Gasteiger charge is -2.19. The van der Waals surface area contributed by atoms with E-state index in [4.69, 9.17) is 9.83 Å². The predicted molar refractivity (Wildman–Crippen MR) is 91.2 cm³/mol. The molecule has 4 heterocycles. The van der Waals surface area contributed by atoms with Gasteiger partial charge in [-0.1, -0.05) is 0 Å². The molecule has 1 saturated heterocycles. The Labute approximate surface area is 145 Å². The van der Waals surface area contributed by atoms with Crippen LogP contribution >= 0.6 is 11.8 Å². The van der Waals surface area contributed by atoms with E-state index in [0.717, 1.165) is 31.1 Å². The zero-order chi connectivity index (χ0) is 17.6. The van der Waals surface area contributed by atoms with Gasteiger partial charge in [-0.15, -0.1) is 5.10 Å². The van der Waals surface area contributed by atoms with Gasteiger partial charge in [-0.05, 0) is 36.7 Å². The van der Waals surface area contributed by atoms with Gasteiger partial charge in [0.15, 0.2) is 11.0 Å². The monoisotopic (exact) mass is 360 g/mol. The topological polar surface area (TPSA) is 128 Å². The van der Waals surface area contributed by atoms with E-state index >= 15 is 0 Å². The molecule has 4 rings (SSSR count). The predicted octanol–water partition coefficient (Wildman–Crippen LogP) is 1.86. The minimum Gasteiger partial charge on any atom is -0.401 e. The smallest absolute Gasteiger partial charge is 0.401 e. The van der Waals surface area contributed by atoms with Crippen LogP contribution in [0.15, 0.2) is 32.2 Å². The van der Waals surface area contributed by atoms with Crippen molar-refractivity contribution < 1.29 is 14.1 Å². The maximum Gasteiger partial charge on any atom is 0.433 e. The fourth-order valence-corrected chi connectivity index (χ4v) is 3.62. The van der Waals surface area contributed by atoms with E-state index in [-0.39, 0.29) is 17.2 Å². The first kappa shape index (κ1) is 15.6. The maximum atomic E-state index is 12.2. The molecule has 3 aliphatic rings. The van der Waals surface area contributed by atoms with Crippen LogP contribution in [0.5, 0.6) is 0 Å². The van der Waals surface area contributed by atoms with Crippen molar-refractivity contribution in [1.82, 2.24) is 9.91 Å². The lowest BCUT2D eigenvalue weighted by atomic mass is 10.1. The highest BCUT2D eigenvalue weighted by molar-refractivity contribution is 8.26. The largest absolute Gasteiger partial charge is 0.433 e. The van der Waals surface area contributed by atoms with Crippen LogP contribution in [0.25, 0.3) is 6.08 Å². The molecule has 11 heteroatoms. The first-order valence-corrected chi connectivity index (χ1v) is 8.34. The summed E-state index contributed by atoms with van der Waals surface area (Å²) >= 11 is 1.27. The van der Waals surface area contributed by atoms with E-state index < -0.39 is 16.7 Å². The first-order chi connectivity index (χ1) is 12.0. The van der Waals surface area contributed by atoms with Crippen molar-refractivity contribution in [2.75, 3.05) is 13.1 Å². The van der Waals surface area contributed by atoms with E-state index in [1.54, 1.807) is 0 Å². The number of amides is 1. The van der Waals surface area contributed by atoms with E-state index in [1.165, 1.54) is 35.0 Å². The second-order valence-corrected chi connectivity index (χ2v) is 6.46. The fourth-order valence-electron chi connectivity index (χ4n) is 2.68. The summed E-state index contributed by atoms with van der Waals surface area (Å²) in [5, 5.41) is 25.7. The van der Waals surface area contributed by atoms with E-state index in [0.29, 0.717) is 5.17 Å². The van der Waals surface area contributed by atoms with E-state index in [2.05, 4.69) is 15.0 Å². The molecular weight excluding hydrogens is 348 g/mol. The fraction of sp³-hybridized carbons (Fsp3) is 0.286. The zero-order valence-corrected chi connectivity index (χ0v) is 13.7. The highest BCUT2D eigenvalue weighted by Crippen LogP contribution is 2.31. The Morgan fingerprint density at radius 3 is 2.76 bits per heavy atom. The maximum absolute atomic E-state index is 12.2. The number of amidine groups is 3. The first-order valence-electron chi connectivity index (χ1n) is 7.52. The number of furan rings is 1. The molecule has 0 unspecified atom stereocenters. The Balaban J connectivity index is 1.63. The number of carbonyl (C=O) groups is 1. The quantitative estimate of drug-likeness (QED) is 0.484. The number of thioether (sulfide) groups is 1. The van der Waals surface area contributed by atoms with Gasteiger partial charge in [-0.3, -0.25) is 20.3 Å². The summed E-state index contributed by atoms with van der Waals surface area (Å²) in [6.45, 7) is 1.79. The number of hydrazone groups is 1. The number of fused-ring (bicyclic) bond motifs is 1. The Morgan fingerprint density at radius 2 is 2.08 bits per heavy atom. The van der Waals surface area contributed by atoms with Crippen LogP contribution in [0.3, 0.4) is 0 Å². The van der Waals surface area contributed by atoms with Gasteiger partial charge in [0, 0.05) is 13.1 Å². The van der Waals surface area contributed by atoms with Crippen LogP contribution in [0.4, 0.5) is 5.88 Å². The molecule has 0 saturated carbocycles. The number of nitrogens with zero attached hydrogens (tertiary/aromatic N) is 5. The molecule has 25 heavy (non-hydrogen) atoms. The van der Waals surface area contributed by atoms with Crippen molar-refractivity contribution in [1.29, 1.82) is 5.41 Å². The third-order valence-corrected chi connectivity index (χ3v) is 4.87. The number of likely N-dealkylation sites (tertiary alicyclic amines) is 1. The number of carbonyl (C=O) groups excluding carboxylic acids is 1. The lowest BCUT2D eigenvalue weighted by molar-refractivity contribution is -0.402. The molecule has 1 fully saturated rings. The van der Waals surface area contributed by atoms with E-state index in [9.17, 15) is 14.9 Å². The van der Waals surface area contributed by atoms with Gasteiger partial charge >= 0.3 is 5.88 Å². The van der Waals surface area contributed by atoms with Gasteiger partial charge in [0.2, 0.25) is 5.17 Å². The molecule has 10 nitrogen and oxygen atoms in total. The van der Waals surface area contributed by atoms with Crippen LogP contribution in [-0.4, -0.2) is 50.0 Å². The van der Waals surface area contributed by atoms with Crippen molar-refractivity contribution >= 4 is 45.8 Å². The number of nitro groups is 1. The third-order valence-electron chi connectivity index (χ3n) is 3.90. The second-order valence-electron chi connectivity index (χ2n) is 5.53. The molecule has 0 spiro atoms. The van der Waals surface area contributed by atoms with Crippen LogP contribution in [0.2, 0.25) is 0 Å². The van der Waals surface area contributed by atoms with Crippen molar-refractivity contribution in [2.45, 2.75) is 12.8 Å². The van der Waals surface area contributed by atoms with E-state index in [1.807, 2.05) is 0 Å². The van der Waals surface area contributed by atoms with Crippen LogP contribution in [-0.2, 0) is 4.79 Å². The Bertz CT molecular complexity index is 880. The second kappa shape index (κ2) is 5.84. The summed E-state index contributed by atoms with van der Waals surface area (Å²) in [4.78, 5) is 28.3. The summed E-state index contributed by atoms with van der Waals surface area (Å²) in [7, 11) is 0. The normalized spacial score (nSPS) is 21.7. The summed E-state index contributed by atoms with van der Waals surface area (Å²) in [5.74, 6) is -1.05. The summed E-state index contributed by atoms with van der Waals surface area (Å²) in [6, 6.07) is 2.55. The average Bonchev–Trinajstić information content (AvgIpc) is 3.30. The minimum atomic E-state index is -0.671. The minimum absolute atomic E-state index is 0.0278. The Kier molecular flexibility index (Phi) is 3.64. The molecule has 0 radical (unpaired) electrons.